The second kappa shape index (κ2) is 8.62. The maximum atomic E-state index is 12.9. The SMILES string of the molecule is CN(C)c1ccc(OC2CCN(S(=O)(=O)c3ccc(OCC(N)=O)cc3)C2)nn1. The van der Waals surface area contributed by atoms with Crippen molar-refractivity contribution in [3.63, 3.8) is 0 Å². The third-order valence-corrected chi connectivity index (χ3v) is 6.20. The summed E-state index contributed by atoms with van der Waals surface area (Å²) >= 11 is 0. The number of rotatable bonds is 8. The molecule has 0 bridgehead atoms. The fourth-order valence-electron chi connectivity index (χ4n) is 2.81. The summed E-state index contributed by atoms with van der Waals surface area (Å²) in [4.78, 5) is 12.7. The number of carbonyl (C=O) groups is 1. The average Bonchev–Trinajstić information content (AvgIpc) is 3.16. The lowest BCUT2D eigenvalue weighted by Crippen LogP contribution is -2.31. The molecule has 0 radical (unpaired) electrons. The second-order valence-corrected chi connectivity index (χ2v) is 8.68. The zero-order chi connectivity index (χ0) is 21.0. The van der Waals surface area contributed by atoms with Gasteiger partial charge >= 0.3 is 0 Å². The molecule has 10 nitrogen and oxygen atoms in total. The molecule has 1 aromatic carbocycles. The fourth-order valence-corrected chi connectivity index (χ4v) is 4.30. The Labute approximate surface area is 169 Å². The molecule has 3 rings (SSSR count). The number of primary amides is 1. The molecule has 2 aromatic rings. The zero-order valence-corrected chi connectivity index (χ0v) is 17.0. The normalized spacial score (nSPS) is 17.1. The lowest BCUT2D eigenvalue weighted by Gasteiger charge is -2.17. The van der Waals surface area contributed by atoms with Crippen molar-refractivity contribution < 1.29 is 22.7 Å². The lowest BCUT2D eigenvalue weighted by atomic mass is 10.3. The van der Waals surface area contributed by atoms with Gasteiger partial charge in [-0.05, 0) is 36.8 Å². The van der Waals surface area contributed by atoms with E-state index < -0.39 is 15.9 Å². The highest BCUT2D eigenvalue weighted by atomic mass is 32.2. The van der Waals surface area contributed by atoms with Crippen molar-refractivity contribution in [3.8, 4) is 11.6 Å². The van der Waals surface area contributed by atoms with Gasteiger partial charge in [0.1, 0.15) is 11.9 Å². The van der Waals surface area contributed by atoms with Crippen LogP contribution >= 0.6 is 0 Å². The molecule has 1 aliphatic rings. The molecule has 0 spiro atoms. The minimum atomic E-state index is -3.67. The van der Waals surface area contributed by atoms with Gasteiger partial charge in [-0.3, -0.25) is 4.79 Å². The third kappa shape index (κ3) is 5.12. The number of hydrogen-bond donors (Lipinski definition) is 1. The number of nitrogens with two attached hydrogens (primary N) is 1. The molecule has 1 saturated heterocycles. The molecule has 29 heavy (non-hydrogen) atoms. The number of hydrogen-bond acceptors (Lipinski definition) is 8. The highest BCUT2D eigenvalue weighted by Gasteiger charge is 2.34. The molecule has 1 amide bonds. The fraction of sp³-hybridized carbons (Fsp3) is 0.389. The van der Waals surface area contributed by atoms with Gasteiger partial charge in [0.25, 0.3) is 5.91 Å². The molecule has 1 aliphatic heterocycles. The van der Waals surface area contributed by atoms with Gasteiger partial charge in [0.15, 0.2) is 12.4 Å². The van der Waals surface area contributed by atoms with Gasteiger partial charge in [-0.2, -0.15) is 4.31 Å². The maximum absolute atomic E-state index is 12.9. The van der Waals surface area contributed by atoms with Crippen LogP contribution in [0.5, 0.6) is 11.6 Å². The van der Waals surface area contributed by atoms with Crippen LogP contribution in [0, 0.1) is 0 Å². The molecule has 1 unspecified atom stereocenters. The smallest absolute Gasteiger partial charge is 0.255 e. The van der Waals surface area contributed by atoms with Crippen LogP contribution in [0.4, 0.5) is 5.82 Å². The van der Waals surface area contributed by atoms with E-state index in [1.165, 1.54) is 28.6 Å². The Morgan fingerprint density at radius 2 is 1.93 bits per heavy atom. The highest BCUT2D eigenvalue weighted by Crippen LogP contribution is 2.25. The highest BCUT2D eigenvalue weighted by molar-refractivity contribution is 7.89. The minimum absolute atomic E-state index is 0.139. The van der Waals surface area contributed by atoms with E-state index in [0.717, 1.165) is 0 Å². The van der Waals surface area contributed by atoms with Crippen LogP contribution < -0.4 is 20.1 Å². The van der Waals surface area contributed by atoms with Crippen LogP contribution in [0.3, 0.4) is 0 Å². The quantitative estimate of drug-likeness (QED) is 0.642. The molecule has 1 aromatic heterocycles. The second-order valence-electron chi connectivity index (χ2n) is 6.74. The van der Waals surface area contributed by atoms with E-state index >= 15 is 0 Å². The number of amides is 1. The standard InChI is InChI=1S/C18H23N5O5S/c1-22(2)17-7-8-18(21-20-17)28-14-9-10-23(11-14)29(25,26)15-5-3-13(4-6-15)27-12-16(19)24/h3-8,14H,9-12H2,1-2H3,(H2,19,24). The minimum Gasteiger partial charge on any atom is -0.484 e. The maximum Gasteiger partial charge on any atom is 0.255 e. The topological polar surface area (TPSA) is 128 Å². The predicted octanol–water partition coefficient (Wildman–Crippen LogP) is 0.249. The van der Waals surface area contributed by atoms with Crippen LogP contribution in [-0.2, 0) is 14.8 Å². The van der Waals surface area contributed by atoms with Crippen molar-refractivity contribution in [2.24, 2.45) is 5.73 Å². The summed E-state index contributed by atoms with van der Waals surface area (Å²) in [5, 5.41) is 8.07. The molecule has 0 saturated carbocycles. The number of nitrogens with zero attached hydrogens (tertiary/aromatic N) is 4. The Balaban J connectivity index is 1.61. The average molecular weight is 421 g/mol. The summed E-state index contributed by atoms with van der Waals surface area (Å²) in [6.45, 7) is 0.297. The van der Waals surface area contributed by atoms with Crippen molar-refractivity contribution in [1.29, 1.82) is 0 Å². The van der Waals surface area contributed by atoms with Crippen molar-refractivity contribution in [1.82, 2.24) is 14.5 Å². The molecule has 2 N–H and O–H groups in total. The Hall–Kier alpha value is -2.92. The van der Waals surface area contributed by atoms with Gasteiger partial charge in [-0.1, -0.05) is 0 Å². The summed E-state index contributed by atoms with van der Waals surface area (Å²) < 4.78 is 38.0. The number of benzene rings is 1. The molecule has 1 atom stereocenters. The van der Waals surface area contributed by atoms with Gasteiger partial charge in [0.2, 0.25) is 15.9 Å². The summed E-state index contributed by atoms with van der Waals surface area (Å²) in [7, 11) is 0.0571. The van der Waals surface area contributed by atoms with Crippen LogP contribution in [0.2, 0.25) is 0 Å². The van der Waals surface area contributed by atoms with E-state index in [1.807, 2.05) is 19.0 Å². The molecular formula is C18H23N5O5S. The van der Waals surface area contributed by atoms with E-state index in [1.54, 1.807) is 12.1 Å². The first-order valence-corrected chi connectivity index (χ1v) is 10.4. The van der Waals surface area contributed by atoms with E-state index in [2.05, 4.69) is 10.2 Å². The van der Waals surface area contributed by atoms with Crippen LogP contribution in [-0.4, -0.2) is 68.7 Å². The van der Waals surface area contributed by atoms with E-state index in [4.69, 9.17) is 15.2 Å². The van der Waals surface area contributed by atoms with Crippen molar-refractivity contribution in [2.75, 3.05) is 38.7 Å². The third-order valence-electron chi connectivity index (χ3n) is 4.32. The first-order chi connectivity index (χ1) is 13.8. The number of anilines is 1. The van der Waals surface area contributed by atoms with Crippen LogP contribution in [0.15, 0.2) is 41.3 Å². The van der Waals surface area contributed by atoms with E-state index in [-0.39, 0.29) is 24.2 Å². The number of carbonyl (C=O) groups excluding carboxylic acids is 1. The van der Waals surface area contributed by atoms with Crippen molar-refractivity contribution in [2.45, 2.75) is 17.4 Å². The van der Waals surface area contributed by atoms with Gasteiger partial charge < -0.3 is 20.1 Å². The van der Waals surface area contributed by atoms with Crippen molar-refractivity contribution in [3.05, 3.63) is 36.4 Å². The lowest BCUT2D eigenvalue weighted by molar-refractivity contribution is -0.119. The Morgan fingerprint density at radius 1 is 1.21 bits per heavy atom. The Kier molecular flexibility index (Phi) is 6.18. The first-order valence-electron chi connectivity index (χ1n) is 8.95. The number of ether oxygens (including phenoxy) is 2. The van der Waals surface area contributed by atoms with Crippen molar-refractivity contribution >= 4 is 21.7 Å². The summed E-state index contributed by atoms with van der Waals surface area (Å²) in [5.41, 5.74) is 5.02. The van der Waals surface area contributed by atoms with Gasteiger partial charge in [0.05, 0.1) is 11.4 Å². The predicted molar refractivity (Wildman–Crippen MR) is 105 cm³/mol. The molecule has 1 fully saturated rings. The summed E-state index contributed by atoms with van der Waals surface area (Å²) in [6.07, 6.45) is 0.248. The van der Waals surface area contributed by atoms with Gasteiger partial charge in [0, 0.05) is 26.7 Å². The Morgan fingerprint density at radius 3 is 2.52 bits per heavy atom. The Bertz CT molecular complexity index is 948. The number of sulfonamides is 1. The molecular weight excluding hydrogens is 398 g/mol. The first kappa shape index (κ1) is 20.8. The largest absolute Gasteiger partial charge is 0.484 e. The van der Waals surface area contributed by atoms with Gasteiger partial charge in [-0.15, -0.1) is 10.2 Å². The zero-order valence-electron chi connectivity index (χ0n) is 16.2. The summed E-state index contributed by atoms with van der Waals surface area (Å²) in [5.74, 6) is 0.822. The molecule has 0 aliphatic carbocycles. The van der Waals surface area contributed by atoms with E-state index in [9.17, 15) is 13.2 Å². The monoisotopic (exact) mass is 421 g/mol. The number of aromatic nitrogens is 2. The molecule has 11 heteroatoms. The summed E-state index contributed by atoms with van der Waals surface area (Å²) in [6, 6.07) is 9.35. The van der Waals surface area contributed by atoms with Crippen LogP contribution in [0.25, 0.3) is 0 Å². The van der Waals surface area contributed by atoms with Gasteiger partial charge in [-0.25, -0.2) is 8.42 Å². The van der Waals surface area contributed by atoms with E-state index in [0.29, 0.717) is 30.4 Å². The molecule has 2 heterocycles. The van der Waals surface area contributed by atoms with Crippen LogP contribution in [0.1, 0.15) is 6.42 Å². The molecule has 156 valence electrons.